The van der Waals surface area contributed by atoms with Crippen molar-refractivity contribution in [3.05, 3.63) is 74.3 Å². The summed E-state index contributed by atoms with van der Waals surface area (Å²) < 4.78 is 17.0. The van der Waals surface area contributed by atoms with E-state index in [0.29, 0.717) is 11.0 Å². The molecule has 0 radical (unpaired) electrons. The van der Waals surface area contributed by atoms with Crippen LogP contribution in [-0.2, 0) is 6.54 Å². The Bertz CT molecular complexity index is 768. The summed E-state index contributed by atoms with van der Waals surface area (Å²) in [4.78, 5) is 4.43. The van der Waals surface area contributed by atoms with Gasteiger partial charge in [0.15, 0.2) is 0 Å². The van der Waals surface area contributed by atoms with Gasteiger partial charge in [0, 0.05) is 28.1 Å². The molecule has 0 aliphatic rings. The topological polar surface area (TPSA) is 17.8 Å². The Labute approximate surface area is 144 Å². The highest BCUT2D eigenvalue weighted by Gasteiger charge is 2.07. The first kappa shape index (κ1) is 14.7. The van der Waals surface area contributed by atoms with Crippen LogP contribution < -0.4 is 0 Å². The molecule has 2 nitrogen and oxygen atoms in total. The quantitative estimate of drug-likeness (QED) is 0.501. The lowest BCUT2D eigenvalue weighted by Gasteiger charge is -2.09. The third-order valence-electron chi connectivity index (χ3n) is 3.15. The highest BCUT2D eigenvalue weighted by molar-refractivity contribution is 14.1. The molecular weight excluding hydrogens is 446 g/mol. The minimum absolute atomic E-state index is 0.248. The van der Waals surface area contributed by atoms with E-state index in [9.17, 15) is 4.39 Å². The smallest absolute Gasteiger partial charge is 0.140 e. The van der Waals surface area contributed by atoms with Gasteiger partial charge in [-0.2, -0.15) is 0 Å². The summed E-state index contributed by atoms with van der Waals surface area (Å²) in [6, 6.07) is 13.3. The van der Waals surface area contributed by atoms with Gasteiger partial charge in [0.1, 0.15) is 11.6 Å². The zero-order valence-corrected chi connectivity index (χ0v) is 14.7. The second-order valence-corrected chi connectivity index (χ2v) is 6.73. The van der Waals surface area contributed by atoms with Crippen LogP contribution in [0.2, 0.25) is 0 Å². The van der Waals surface area contributed by atoms with Crippen LogP contribution in [0.4, 0.5) is 4.39 Å². The highest BCUT2D eigenvalue weighted by atomic mass is 127. The van der Waals surface area contributed by atoms with E-state index < -0.39 is 0 Å². The SMILES string of the molecule is Fc1ccc(Cn2ccnc2-c2ccc(I)cc2)cc1Br. The molecule has 5 heteroatoms. The summed E-state index contributed by atoms with van der Waals surface area (Å²) in [5.74, 6) is 0.661. The number of hydrogen-bond donors (Lipinski definition) is 0. The maximum atomic E-state index is 13.3. The van der Waals surface area contributed by atoms with Crippen molar-refractivity contribution in [2.75, 3.05) is 0 Å². The lowest BCUT2D eigenvalue weighted by molar-refractivity contribution is 0.619. The fourth-order valence-corrected chi connectivity index (χ4v) is 2.92. The van der Waals surface area contributed by atoms with E-state index in [4.69, 9.17) is 0 Å². The summed E-state index contributed by atoms with van der Waals surface area (Å²) in [6.07, 6.45) is 3.72. The first-order chi connectivity index (χ1) is 10.1. The van der Waals surface area contributed by atoms with Gasteiger partial charge in [-0.25, -0.2) is 9.37 Å². The Morgan fingerprint density at radius 1 is 1.14 bits per heavy atom. The van der Waals surface area contributed by atoms with Crippen molar-refractivity contribution in [3.63, 3.8) is 0 Å². The molecule has 3 aromatic rings. The molecule has 106 valence electrons. The molecule has 0 saturated heterocycles. The molecule has 0 fully saturated rings. The predicted molar refractivity (Wildman–Crippen MR) is 93.6 cm³/mol. The minimum Gasteiger partial charge on any atom is -0.327 e. The molecule has 3 rings (SSSR count). The van der Waals surface area contributed by atoms with Crippen LogP contribution in [0, 0.1) is 9.39 Å². The molecule has 21 heavy (non-hydrogen) atoms. The van der Waals surface area contributed by atoms with E-state index in [1.54, 1.807) is 18.3 Å². The van der Waals surface area contributed by atoms with E-state index in [-0.39, 0.29) is 5.82 Å². The number of aromatic nitrogens is 2. The van der Waals surface area contributed by atoms with Gasteiger partial charge >= 0.3 is 0 Å². The number of imidazole rings is 1. The Hall–Kier alpha value is -1.21. The van der Waals surface area contributed by atoms with Crippen LogP contribution in [0.15, 0.2) is 59.3 Å². The monoisotopic (exact) mass is 456 g/mol. The molecule has 0 aliphatic carbocycles. The van der Waals surface area contributed by atoms with Gasteiger partial charge in [-0.05, 0) is 68.3 Å². The van der Waals surface area contributed by atoms with Crippen LogP contribution >= 0.6 is 38.5 Å². The fraction of sp³-hybridized carbons (Fsp3) is 0.0625. The first-order valence-electron chi connectivity index (χ1n) is 6.34. The highest BCUT2D eigenvalue weighted by Crippen LogP contribution is 2.22. The third-order valence-corrected chi connectivity index (χ3v) is 4.48. The second-order valence-electron chi connectivity index (χ2n) is 4.63. The molecule has 0 N–H and O–H groups in total. The zero-order chi connectivity index (χ0) is 14.8. The van der Waals surface area contributed by atoms with Crippen molar-refractivity contribution in [2.24, 2.45) is 0 Å². The van der Waals surface area contributed by atoms with E-state index in [2.05, 4.69) is 72.3 Å². The maximum Gasteiger partial charge on any atom is 0.140 e. The molecule has 1 heterocycles. The van der Waals surface area contributed by atoms with Gasteiger partial charge in [0.2, 0.25) is 0 Å². The lowest BCUT2D eigenvalue weighted by atomic mass is 10.2. The van der Waals surface area contributed by atoms with E-state index in [1.165, 1.54) is 9.64 Å². The van der Waals surface area contributed by atoms with Crippen molar-refractivity contribution < 1.29 is 4.39 Å². The molecule has 2 aromatic carbocycles. The van der Waals surface area contributed by atoms with Gasteiger partial charge in [-0.1, -0.05) is 18.2 Å². The van der Waals surface area contributed by atoms with Gasteiger partial charge in [-0.15, -0.1) is 0 Å². The van der Waals surface area contributed by atoms with Crippen molar-refractivity contribution in [3.8, 4) is 11.4 Å². The summed E-state index contributed by atoms with van der Waals surface area (Å²) in [5, 5.41) is 0. The van der Waals surface area contributed by atoms with E-state index >= 15 is 0 Å². The normalized spacial score (nSPS) is 10.8. The molecule has 0 atom stereocenters. The molecule has 0 saturated carbocycles. The molecule has 0 bridgehead atoms. The molecule has 1 aromatic heterocycles. The van der Waals surface area contributed by atoms with Gasteiger partial charge < -0.3 is 4.57 Å². The maximum absolute atomic E-state index is 13.3. The average molecular weight is 457 g/mol. The third kappa shape index (κ3) is 3.35. The van der Waals surface area contributed by atoms with Crippen LogP contribution in [0.25, 0.3) is 11.4 Å². The van der Waals surface area contributed by atoms with Crippen molar-refractivity contribution in [1.29, 1.82) is 0 Å². The summed E-state index contributed by atoms with van der Waals surface area (Å²) >= 11 is 5.50. The number of nitrogens with zero attached hydrogens (tertiary/aromatic N) is 2. The standard InChI is InChI=1S/C16H11BrFIN2/c17-14-9-11(1-6-15(14)18)10-21-8-7-20-16(21)12-2-4-13(19)5-3-12/h1-9H,10H2. The average Bonchev–Trinajstić information content (AvgIpc) is 2.92. The van der Waals surface area contributed by atoms with E-state index in [0.717, 1.165) is 17.0 Å². The van der Waals surface area contributed by atoms with Crippen molar-refractivity contribution in [1.82, 2.24) is 9.55 Å². The van der Waals surface area contributed by atoms with Crippen LogP contribution in [0.3, 0.4) is 0 Å². The van der Waals surface area contributed by atoms with Gasteiger partial charge in [-0.3, -0.25) is 0 Å². The summed E-state index contributed by atoms with van der Waals surface area (Å²) in [5.41, 5.74) is 2.09. The van der Waals surface area contributed by atoms with Crippen LogP contribution in [-0.4, -0.2) is 9.55 Å². The summed E-state index contributed by atoms with van der Waals surface area (Å²) in [7, 11) is 0. The van der Waals surface area contributed by atoms with Crippen molar-refractivity contribution >= 4 is 38.5 Å². The fourth-order valence-electron chi connectivity index (χ4n) is 2.13. The van der Waals surface area contributed by atoms with Gasteiger partial charge in [0.05, 0.1) is 4.47 Å². The first-order valence-corrected chi connectivity index (χ1v) is 8.21. The summed E-state index contributed by atoms with van der Waals surface area (Å²) in [6.45, 7) is 0.653. The van der Waals surface area contributed by atoms with Crippen molar-refractivity contribution in [2.45, 2.75) is 6.54 Å². The largest absolute Gasteiger partial charge is 0.327 e. The van der Waals surface area contributed by atoms with Crippen LogP contribution in [0.1, 0.15) is 5.56 Å². The Morgan fingerprint density at radius 3 is 2.62 bits per heavy atom. The van der Waals surface area contributed by atoms with Gasteiger partial charge in [0.25, 0.3) is 0 Å². The lowest BCUT2D eigenvalue weighted by Crippen LogP contribution is -2.01. The number of halogens is 3. The molecule has 0 unspecified atom stereocenters. The Kier molecular flexibility index (Phi) is 4.40. The van der Waals surface area contributed by atoms with E-state index in [1.807, 2.05) is 6.20 Å². The van der Waals surface area contributed by atoms with Crippen LogP contribution in [0.5, 0.6) is 0 Å². The molecule has 0 aliphatic heterocycles. The Balaban J connectivity index is 1.92. The molecule has 0 spiro atoms. The second kappa shape index (κ2) is 6.27. The Morgan fingerprint density at radius 2 is 1.90 bits per heavy atom. The predicted octanol–water partition coefficient (Wildman–Crippen LogP) is 5.10. The molecule has 0 amide bonds. The minimum atomic E-state index is -0.248. The number of hydrogen-bond acceptors (Lipinski definition) is 1. The molecular formula is C16H11BrFIN2. The number of rotatable bonds is 3. The zero-order valence-electron chi connectivity index (χ0n) is 10.9. The number of benzene rings is 2.